The van der Waals surface area contributed by atoms with Crippen LogP contribution in [0.5, 0.6) is 0 Å². The molecule has 2 aliphatic rings. The highest BCUT2D eigenvalue weighted by Gasteiger charge is 2.19. The zero-order valence-corrected chi connectivity index (χ0v) is 8.09. The first-order valence-corrected chi connectivity index (χ1v) is 5.26. The molecule has 0 bridgehead atoms. The van der Waals surface area contributed by atoms with Crippen molar-refractivity contribution in [2.75, 3.05) is 19.6 Å². The van der Waals surface area contributed by atoms with E-state index in [0.717, 1.165) is 19.5 Å². The fourth-order valence-electron chi connectivity index (χ4n) is 2.16. The zero-order valence-electron chi connectivity index (χ0n) is 8.09. The summed E-state index contributed by atoms with van der Waals surface area (Å²) in [5.41, 5.74) is 1.56. The normalized spacial score (nSPS) is 24.9. The summed E-state index contributed by atoms with van der Waals surface area (Å²) >= 11 is 0. The molecule has 0 aromatic heterocycles. The van der Waals surface area contributed by atoms with Crippen LogP contribution in [-0.2, 0) is 4.79 Å². The van der Waals surface area contributed by atoms with E-state index in [1.54, 1.807) is 5.57 Å². The fourth-order valence-corrected chi connectivity index (χ4v) is 2.16. The lowest BCUT2D eigenvalue weighted by molar-refractivity contribution is -0.116. The third kappa shape index (κ3) is 2.41. The van der Waals surface area contributed by atoms with Crippen molar-refractivity contribution < 1.29 is 4.79 Å². The minimum atomic E-state index is 0.413. The van der Waals surface area contributed by atoms with Crippen LogP contribution in [0.2, 0.25) is 0 Å². The Kier molecular flexibility index (Phi) is 2.79. The SMILES string of the molecule is O=C1CCN(CC2=CCCCC2)C1. The summed E-state index contributed by atoms with van der Waals surface area (Å²) in [6, 6.07) is 0. The minimum absolute atomic E-state index is 0.413. The van der Waals surface area contributed by atoms with Gasteiger partial charge in [0.05, 0.1) is 6.54 Å². The third-order valence-corrected chi connectivity index (χ3v) is 2.92. The molecule has 72 valence electrons. The van der Waals surface area contributed by atoms with Crippen molar-refractivity contribution in [3.63, 3.8) is 0 Å². The van der Waals surface area contributed by atoms with E-state index in [9.17, 15) is 4.79 Å². The molecular formula is C11H17NO. The summed E-state index contributed by atoms with van der Waals surface area (Å²) in [6.45, 7) is 2.72. The van der Waals surface area contributed by atoms with Crippen LogP contribution < -0.4 is 0 Å². The number of rotatable bonds is 2. The lowest BCUT2D eigenvalue weighted by Crippen LogP contribution is -2.23. The molecule has 2 nitrogen and oxygen atoms in total. The van der Waals surface area contributed by atoms with Crippen molar-refractivity contribution in [2.45, 2.75) is 32.1 Å². The highest BCUT2D eigenvalue weighted by Crippen LogP contribution is 2.19. The molecule has 0 radical (unpaired) electrons. The van der Waals surface area contributed by atoms with Crippen LogP contribution >= 0.6 is 0 Å². The molecule has 0 atom stereocenters. The molecule has 0 saturated carbocycles. The molecule has 0 aromatic carbocycles. The van der Waals surface area contributed by atoms with E-state index in [-0.39, 0.29) is 0 Å². The molecule has 1 fully saturated rings. The van der Waals surface area contributed by atoms with Gasteiger partial charge in [0.25, 0.3) is 0 Å². The molecule has 1 aliphatic heterocycles. The average Bonchev–Trinajstić information content (AvgIpc) is 2.53. The van der Waals surface area contributed by atoms with Gasteiger partial charge in [-0.2, -0.15) is 0 Å². The number of Topliss-reactive ketones (excluding diaryl/α,β-unsaturated/α-hetero) is 1. The first kappa shape index (κ1) is 8.95. The maximum absolute atomic E-state index is 11.0. The molecule has 0 aromatic rings. The number of allylic oxidation sites excluding steroid dienone is 1. The van der Waals surface area contributed by atoms with Crippen LogP contribution in [0, 0.1) is 0 Å². The van der Waals surface area contributed by atoms with E-state index in [4.69, 9.17) is 0 Å². The van der Waals surface area contributed by atoms with Gasteiger partial charge < -0.3 is 0 Å². The summed E-state index contributed by atoms with van der Waals surface area (Å²) in [6.07, 6.45) is 8.33. The van der Waals surface area contributed by atoms with Gasteiger partial charge in [-0.25, -0.2) is 0 Å². The van der Waals surface area contributed by atoms with Crippen molar-refractivity contribution >= 4 is 5.78 Å². The number of hydrogen-bond donors (Lipinski definition) is 0. The lowest BCUT2D eigenvalue weighted by atomic mass is 9.99. The van der Waals surface area contributed by atoms with Crippen molar-refractivity contribution in [1.29, 1.82) is 0 Å². The Hall–Kier alpha value is -0.630. The number of nitrogens with zero attached hydrogens (tertiary/aromatic N) is 1. The van der Waals surface area contributed by atoms with Gasteiger partial charge in [0.1, 0.15) is 5.78 Å². The Morgan fingerprint density at radius 3 is 2.85 bits per heavy atom. The molecule has 0 spiro atoms. The van der Waals surface area contributed by atoms with Gasteiger partial charge in [-0.1, -0.05) is 11.6 Å². The van der Waals surface area contributed by atoms with Crippen molar-refractivity contribution in [3.05, 3.63) is 11.6 Å². The van der Waals surface area contributed by atoms with Gasteiger partial charge in [-0.3, -0.25) is 9.69 Å². The molecular weight excluding hydrogens is 162 g/mol. The number of carbonyl (C=O) groups is 1. The second-order valence-corrected chi connectivity index (χ2v) is 4.11. The van der Waals surface area contributed by atoms with Crippen LogP contribution in [0.15, 0.2) is 11.6 Å². The summed E-state index contributed by atoms with van der Waals surface area (Å²) < 4.78 is 0. The molecule has 1 aliphatic carbocycles. The maximum atomic E-state index is 11.0. The number of ketones is 1. The number of hydrogen-bond acceptors (Lipinski definition) is 2. The quantitative estimate of drug-likeness (QED) is 0.602. The van der Waals surface area contributed by atoms with Crippen LogP contribution in [0.3, 0.4) is 0 Å². The van der Waals surface area contributed by atoms with Gasteiger partial charge in [-0.15, -0.1) is 0 Å². The Labute approximate surface area is 79.6 Å². The standard InChI is InChI=1S/C11H17NO/c13-11-6-7-12(9-11)8-10-4-2-1-3-5-10/h4H,1-3,5-9H2. The molecule has 1 heterocycles. The van der Waals surface area contributed by atoms with Crippen LogP contribution in [-0.4, -0.2) is 30.3 Å². The average molecular weight is 179 g/mol. The van der Waals surface area contributed by atoms with Crippen molar-refractivity contribution in [1.82, 2.24) is 4.90 Å². The van der Waals surface area contributed by atoms with Gasteiger partial charge in [0, 0.05) is 19.5 Å². The first-order chi connectivity index (χ1) is 6.34. The predicted octanol–water partition coefficient (Wildman–Crippen LogP) is 1.76. The highest BCUT2D eigenvalue weighted by atomic mass is 16.1. The Morgan fingerprint density at radius 2 is 2.23 bits per heavy atom. The Morgan fingerprint density at radius 1 is 1.31 bits per heavy atom. The van der Waals surface area contributed by atoms with E-state index in [1.807, 2.05) is 0 Å². The summed E-state index contributed by atoms with van der Waals surface area (Å²) in [4.78, 5) is 13.3. The van der Waals surface area contributed by atoms with E-state index < -0.39 is 0 Å². The minimum Gasteiger partial charge on any atom is -0.298 e. The second-order valence-electron chi connectivity index (χ2n) is 4.11. The highest BCUT2D eigenvalue weighted by molar-refractivity contribution is 5.82. The van der Waals surface area contributed by atoms with E-state index in [1.165, 1.54) is 25.7 Å². The number of carbonyl (C=O) groups excluding carboxylic acids is 1. The molecule has 2 heteroatoms. The summed E-state index contributed by atoms with van der Waals surface area (Å²) in [5.74, 6) is 0.413. The van der Waals surface area contributed by atoms with Crippen molar-refractivity contribution in [2.24, 2.45) is 0 Å². The number of likely N-dealkylation sites (tertiary alicyclic amines) is 1. The van der Waals surface area contributed by atoms with Crippen molar-refractivity contribution in [3.8, 4) is 0 Å². The largest absolute Gasteiger partial charge is 0.298 e. The third-order valence-electron chi connectivity index (χ3n) is 2.92. The van der Waals surface area contributed by atoms with Gasteiger partial charge in [0.2, 0.25) is 0 Å². The van der Waals surface area contributed by atoms with E-state index >= 15 is 0 Å². The van der Waals surface area contributed by atoms with Gasteiger partial charge in [0.15, 0.2) is 0 Å². The molecule has 0 amide bonds. The molecule has 2 rings (SSSR count). The van der Waals surface area contributed by atoms with Crippen LogP contribution in [0.4, 0.5) is 0 Å². The maximum Gasteiger partial charge on any atom is 0.148 e. The van der Waals surface area contributed by atoms with E-state index in [2.05, 4.69) is 11.0 Å². The van der Waals surface area contributed by atoms with E-state index in [0.29, 0.717) is 12.3 Å². The zero-order chi connectivity index (χ0) is 9.10. The smallest absolute Gasteiger partial charge is 0.148 e. The second kappa shape index (κ2) is 4.05. The topological polar surface area (TPSA) is 20.3 Å². The summed E-state index contributed by atoms with van der Waals surface area (Å²) in [7, 11) is 0. The van der Waals surface area contributed by atoms with Gasteiger partial charge in [-0.05, 0) is 25.7 Å². The molecule has 0 N–H and O–H groups in total. The van der Waals surface area contributed by atoms with Crippen LogP contribution in [0.1, 0.15) is 32.1 Å². The monoisotopic (exact) mass is 179 g/mol. The summed E-state index contributed by atoms with van der Waals surface area (Å²) in [5, 5.41) is 0. The Bertz CT molecular complexity index is 232. The molecule has 1 saturated heterocycles. The molecule has 0 unspecified atom stereocenters. The molecule has 13 heavy (non-hydrogen) atoms. The Balaban J connectivity index is 1.83. The fraction of sp³-hybridized carbons (Fsp3) is 0.727. The predicted molar refractivity (Wildman–Crippen MR) is 52.6 cm³/mol. The first-order valence-electron chi connectivity index (χ1n) is 5.26. The lowest BCUT2D eigenvalue weighted by Gasteiger charge is -2.18. The van der Waals surface area contributed by atoms with Crippen LogP contribution in [0.25, 0.3) is 0 Å². The van der Waals surface area contributed by atoms with Gasteiger partial charge >= 0.3 is 0 Å².